The van der Waals surface area contributed by atoms with Gasteiger partial charge in [0.05, 0.1) is 18.5 Å². The average Bonchev–Trinajstić information content (AvgIpc) is 3.35. The molecule has 31 heavy (non-hydrogen) atoms. The zero-order valence-electron chi connectivity index (χ0n) is 17.1. The summed E-state index contributed by atoms with van der Waals surface area (Å²) in [6, 6.07) is 10.6. The molecule has 4 aromatic rings. The van der Waals surface area contributed by atoms with Crippen LogP contribution in [-0.4, -0.2) is 32.4 Å². The SMILES string of the molecule is COc1ccc(-c2nc3c(C)nccn3c2Nc2ccc3c(c2)CCC3=NO)c(F)c1. The Morgan fingerprint density at radius 3 is 2.77 bits per heavy atom. The fourth-order valence-corrected chi connectivity index (χ4v) is 4.01. The van der Waals surface area contributed by atoms with Gasteiger partial charge < -0.3 is 15.3 Å². The molecular weight excluding hydrogens is 397 g/mol. The Morgan fingerprint density at radius 1 is 1.16 bits per heavy atom. The van der Waals surface area contributed by atoms with Gasteiger partial charge in [0.25, 0.3) is 0 Å². The maximum Gasteiger partial charge on any atom is 0.160 e. The van der Waals surface area contributed by atoms with Crippen molar-refractivity contribution in [3.05, 3.63) is 71.4 Å². The molecule has 0 saturated carbocycles. The van der Waals surface area contributed by atoms with E-state index < -0.39 is 5.82 Å². The van der Waals surface area contributed by atoms with Crippen LogP contribution in [-0.2, 0) is 6.42 Å². The molecule has 2 aromatic carbocycles. The van der Waals surface area contributed by atoms with Crippen molar-refractivity contribution in [1.29, 1.82) is 0 Å². The number of fused-ring (bicyclic) bond motifs is 2. The zero-order valence-corrected chi connectivity index (χ0v) is 17.1. The van der Waals surface area contributed by atoms with E-state index in [-0.39, 0.29) is 0 Å². The Morgan fingerprint density at radius 2 is 2.00 bits per heavy atom. The molecule has 0 aliphatic heterocycles. The molecule has 0 atom stereocenters. The van der Waals surface area contributed by atoms with Gasteiger partial charge in [-0.15, -0.1) is 0 Å². The Labute approximate surface area is 177 Å². The molecule has 2 aromatic heterocycles. The van der Waals surface area contributed by atoms with E-state index in [9.17, 15) is 9.60 Å². The third-order valence-electron chi connectivity index (χ3n) is 5.58. The van der Waals surface area contributed by atoms with Gasteiger partial charge in [0.2, 0.25) is 0 Å². The van der Waals surface area contributed by atoms with Crippen LogP contribution >= 0.6 is 0 Å². The fourth-order valence-electron chi connectivity index (χ4n) is 4.01. The van der Waals surface area contributed by atoms with Gasteiger partial charge in [0.15, 0.2) is 5.65 Å². The van der Waals surface area contributed by atoms with Crippen LogP contribution in [0.3, 0.4) is 0 Å². The number of nitrogens with one attached hydrogen (secondary N) is 1. The number of halogens is 1. The second-order valence-electron chi connectivity index (χ2n) is 7.40. The van der Waals surface area contributed by atoms with Crippen LogP contribution in [0.25, 0.3) is 16.9 Å². The lowest BCUT2D eigenvalue weighted by Gasteiger charge is -2.11. The van der Waals surface area contributed by atoms with Crippen LogP contribution in [0.2, 0.25) is 0 Å². The predicted molar refractivity (Wildman–Crippen MR) is 116 cm³/mol. The lowest BCUT2D eigenvalue weighted by Crippen LogP contribution is -2.00. The van der Waals surface area contributed by atoms with Gasteiger partial charge in [-0.1, -0.05) is 11.2 Å². The highest BCUT2D eigenvalue weighted by molar-refractivity contribution is 6.04. The van der Waals surface area contributed by atoms with Crippen molar-refractivity contribution in [3.8, 4) is 17.0 Å². The smallest absolute Gasteiger partial charge is 0.160 e. The fraction of sp³-hybridized carbons (Fsp3) is 0.174. The third kappa shape index (κ3) is 3.16. The maximum absolute atomic E-state index is 14.9. The second kappa shape index (κ2) is 7.39. The maximum atomic E-state index is 14.9. The number of methoxy groups -OCH3 is 1. The molecular formula is C23H20FN5O2. The first-order valence-electron chi connectivity index (χ1n) is 9.88. The number of nitrogens with zero attached hydrogens (tertiary/aromatic N) is 4. The van der Waals surface area contributed by atoms with Crippen molar-refractivity contribution in [2.24, 2.45) is 5.16 Å². The lowest BCUT2D eigenvalue weighted by atomic mass is 10.1. The largest absolute Gasteiger partial charge is 0.497 e. The Kier molecular flexibility index (Phi) is 4.54. The standard InChI is InChI=1S/C23H20FN5O2/c1-13-22-27-21(18-7-5-16(31-2)12-19(18)24)23(29(22)10-9-25-13)26-15-4-6-17-14(11-15)3-8-20(17)28-30/h4-7,9-12,26,30H,3,8H2,1-2H3. The number of imidazole rings is 1. The number of ether oxygens (including phenoxy) is 1. The van der Waals surface area contributed by atoms with Crippen LogP contribution in [0.15, 0.2) is 53.9 Å². The first-order valence-corrected chi connectivity index (χ1v) is 9.88. The van der Waals surface area contributed by atoms with E-state index in [0.717, 1.165) is 28.9 Å². The molecule has 0 fully saturated rings. The molecule has 7 nitrogen and oxygen atoms in total. The van der Waals surface area contributed by atoms with Gasteiger partial charge in [-0.2, -0.15) is 0 Å². The number of aromatic nitrogens is 3. The summed E-state index contributed by atoms with van der Waals surface area (Å²) < 4.78 is 21.9. The third-order valence-corrected chi connectivity index (χ3v) is 5.58. The molecule has 5 rings (SSSR count). The Bertz CT molecular complexity index is 1350. The number of aryl methyl sites for hydroxylation is 2. The Balaban J connectivity index is 1.65. The van der Waals surface area contributed by atoms with Crippen LogP contribution in [0.5, 0.6) is 5.75 Å². The van der Waals surface area contributed by atoms with Gasteiger partial charge in [-0.25, -0.2) is 9.37 Å². The van der Waals surface area contributed by atoms with Crippen LogP contribution < -0.4 is 10.1 Å². The molecule has 0 unspecified atom stereocenters. The van der Waals surface area contributed by atoms with Crippen molar-refractivity contribution < 1.29 is 14.3 Å². The van der Waals surface area contributed by atoms with Gasteiger partial charge in [-0.05, 0) is 49.6 Å². The van der Waals surface area contributed by atoms with Gasteiger partial charge in [-0.3, -0.25) is 9.38 Å². The van der Waals surface area contributed by atoms with Crippen molar-refractivity contribution in [2.45, 2.75) is 19.8 Å². The molecule has 2 heterocycles. The topological polar surface area (TPSA) is 84.0 Å². The zero-order chi connectivity index (χ0) is 21.5. The molecule has 0 radical (unpaired) electrons. The Hall–Kier alpha value is -3.94. The van der Waals surface area contributed by atoms with Crippen molar-refractivity contribution in [1.82, 2.24) is 14.4 Å². The van der Waals surface area contributed by atoms with Crippen molar-refractivity contribution in [3.63, 3.8) is 0 Å². The van der Waals surface area contributed by atoms with E-state index in [0.29, 0.717) is 40.6 Å². The number of hydrogen-bond acceptors (Lipinski definition) is 6. The minimum absolute atomic E-state index is 0.363. The van der Waals surface area contributed by atoms with E-state index in [1.165, 1.54) is 13.2 Å². The average molecular weight is 417 g/mol. The highest BCUT2D eigenvalue weighted by atomic mass is 19.1. The minimum Gasteiger partial charge on any atom is -0.497 e. The summed E-state index contributed by atoms with van der Waals surface area (Å²) in [4.78, 5) is 9.01. The molecule has 2 N–H and O–H groups in total. The predicted octanol–water partition coefficient (Wildman–Crippen LogP) is 4.72. The molecule has 0 bridgehead atoms. The van der Waals surface area contributed by atoms with E-state index in [4.69, 9.17) is 9.72 Å². The number of hydrogen-bond donors (Lipinski definition) is 2. The quantitative estimate of drug-likeness (QED) is 0.371. The van der Waals surface area contributed by atoms with Gasteiger partial charge in [0, 0.05) is 35.3 Å². The monoisotopic (exact) mass is 417 g/mol. The first kappa shape index (κ1) is 19.0. The van der Waals surface area contributed by atoms with Crippen molar-refractivity contribution in [2.75, 3.05) is 12.4 Å². The molecule has 0 amide bonds. The second-order valence-corrected chi connectivity index (χ2v) is 7.40. The highest BCUT2D eigenvalue weighted by Crippen LogP contribution is 2.35. The van der Waals surface area contributed by atoms with Gasteiger partial charge >= 0.3 is 0 Å². The van der Waals surface area contributed by atoms with E-state index in [2.05, 4.69) is 15.5 Å². The minimum atomic E-state index is -0.422. The summed E-state index contributed by atoms with van der Waals surface area (Å²) in [5.41, 5.74) is 5.81. The first-order chi connectivity index (χ1) is 15.1. The van der Waals surface area contributed by atoms with E-state index in [1.807, 2.05) is 29.5 Å². The molecule has 1 aliphatic carbocycles. The van der Waals surface area contributed by atoms with E-state index >= 15 is 0 Å². The summed E-state index contributed by atoms with van der Waals surface area (Å²) in [6.45, 7) is 1.87. The van der Waals surface area contributed by atoms with E-state index in [1.54, 1.807) is 24.5 Å². The highest BCUT2D eigenvalue weighted by Gasteiger charge is 2.21. The van der Waals surface area contributed by atoms with Crippen LogP contribution in [0.1, 0.15) is 23.2 Å². The normalized spacial score (nSPS) is 14.2. The summed E-state index contributed by atoms with van der Waals surface area (Å²) in [5, 5.41) is 16.0. The molecule has 0 spiro atoms. The molecule has 0 saturated heterocycles. The molecule has 156 valence electrons. The lowest BCUT2D eigenvalue weighted by molar-refractivity contribution is 0.318. The molecule has 1 aliphatic rings. The van der Waals surface area contributed by atoms with Crippen LogP contribution in [0.4, 0.5) is 15.9 Å². The van der Waals surface area contributed by atoms with Gasteiger partial charge in [0.1, 0.15) is 23.1 Å². The van der Waals surface area contributed by atoms with Crippen LogP contribution in [0, 0.1) is 12.7 Å². The summed E-state index contributed by atoms with van der Waals surface area (Å²) in [5.74, 6) is 0.657. The summed E-state index contributed by atoms with van der Waals surface area (Å²) in [7, 11) is 1.50. The number of rotatable bonds is 4. The van der Waals surface area contributed by atoms with Crippen molar-refractivity contribution >= 4 is 22.9 Å². The molecule has 8 heteroatoms. The summed E-state index contributed by atoms with van der Waals surface area (Å²) >= 11 is 0. The number of oxime groups is 1. The summed E-state index contributed by atoms with van der Waals surface area (Å²) in [6.07, 6.45) is 5.00. The number of anilines is 2. The number of benzene rings is 2.